The molecular weight excluding hydrogens is 318 g/mol. The Labute approximate surface area is 148 Å². The number of carbonyl (C=O) groups excluding carboxylic acids is 1. The average Bonchev–Trinajstić information content (AvgIpc) is 2.66. The second kappa shape index (κ2) is 8.06. The Morgan fingerprint density at radius 2 is 2.16 bits per heavy atom. The van der Waals surface area contributed by atoms with Crippen LogP contribution in [0.1, 0.15) is 44.6 Å². The maximum atomic E-state index is 12.5. The van der Waals surface area contributed by atoms with E-state index in [0.29, 0.717) is 23.7 Å². The summed E-state index contributed by atoms with van der Waals surface area (Å²) in [7, 11) is 0. The van der Waals surface area contributed by atoms with Crippen LogP contribution >= 0.6 is 0 Å². The molecule has 0 amide bonds. The zero-order valence-corrected chi connectivity index (χ0v) is 14.5. The van der Waals surface area contributed by atoms with Gasteiger partial charge in [0.2, 0.25) is 0 Å². The molecule has 0 bridgehead atoms. The molecule has 1 aliphatic carbocycles. The molecule has 0 saturated heterocycles. The molecule has 1 aliphatic heterocycles. The van der Waals surface area contributed by atoms with Crippen LogP contribution in [0.3, 0.4) is 0 Å². The lowest BCUT2D eigenvalue weighted by molar-refractivity contribution is -0.144. The topological polar surface area (TPSA) is 68.6 Å². The van der Waals surface area contributed by atoms with E-state index in [1.54, 1.807) is 6.08 Å². The van der Waals surface area contributed by atoms with Crippen LogP contribution in [0.15, 0.2) is 23.8 Å². The van der Waals surface area contributed by atoms with E-state index >= 15 is 0 Å². The van der Waals surface area contributed by atoms with Gasteiger partial charge in [0.25, 0.3) is 0 Å². The minimum Gasteiger partial charge on any atom is -0.490 e. The van der Waals surface area contributed by atoms with Gasteiger partial charge in [0.1, 0.15) is 12.7 Å². The van der Waals surface area contributed by atoms with Crippen molar-refractivity contribution >= 4 is 12.0 Å². The number of carbonyl (C=O) groups is 1. The third-order valence-electron chi connectivity index (χ3n) is 4.71. The minimum absolute atomic E-state index is 0.124. The van der Waals surface area contributed by atoms with Gasteiger partial charge in [0.05, 0.1) is 12.2 Å². The number of nitriles is 1. The third-order valence-corrected chi connectivity index (χ3v) is 4.71. The summed E-state index contributed by atoms with van der Waals surface area (Å²) in [6, 6.07) is 7.72. The maximum absolute atomic E-state index is 12.5. The fourth-order valence-electron chi connectivity index (χ4n) is 3.42. The second-order valence-corrected chi connectivity index (χ2v) is 6.42. The highest BCUT2D eigenvalue weighted by atomic mass is 16.6. The average molecular weight is 341 g/mol. The Hall–Kier alpha value is -2.48. The summed E-state index contributed by atoms with van der Waals surface area (Å²) in [6.45, 7) is 2.58. The molecule has 0 radical (unpaired) electrons. The van der Waals surface area contributed by atoms with Gasteiger partial charge < -0.3 is 14.2 Å². The normalized spacial score (nSPS) is 18.2. The van der Waals surface area contributed by atoms with E-state index in [1.165, 1.54) is 6.42 Å². The highest BCUT2D eigenvalue weighted by Crippen LogP contribution is 2.36. The van der Waals surface area contributed by atoms with Crippen LogP contribution in [0.5, 0.6) is 11.5 Å². The predicted molar refractivity (Wildman–Crippen MR) is 93.2 cm³/mol. The van der Waals surface area contributed by atoms with Crippen molar-refractivity contribution in [3.8, 4) is 17.6 Å². The van der Waals surface area contributed by atoms with Gasteiger partial charge in [-0.15, -0.1) is 0 Å². The maximum Gasteiger partial charge on any atom is 0.338 e. The zero-order chi connectivity index (χ0) is 17.6. The van der Waals surface area contributed by atoms with Gasteiger partial charge >= 0.3 is 5.97 Å². The Morgan fingerprint density at radius 1 is 1.36 bits per heavy atom. The summed E-state index contributed by atoms with van der Waals surface area (Å²) in [5.41, 5.74) is 1.22. The Kier molecular flexibility index (Phi) is 5.60. The first-order valence-corrected chi connectivity index (χ1v) is 8.92. The molecule has 1 atom stereocenters. The SMILES string of the molecule is CCOc1cccc2c1OCC(C(=O)O[C@@H](C#N)C1CCCCC1)=C2. The molecule has 0 spiro atoms. The quantitative estimate of drug-likeness (QED) is 0.760. The van der Waals surface area contributed by atoms with E-state index in [4.69, 9.17) is 14.2 Å². The number of esters is 1. The smallest absolute Gasteiger partial charge is 0.338 e. The zero-order valence-electron chi connectivity index (χ0n) is 14.5. The van der Waals surface area contributed by atoms with E-state index in [9.17, 15) is 10.1 Å². The first kappa shape index (κ1) is 17.3. The molecule has 1 heterocycles. The molecule has 1 aromatic carbocycles. The summed E-state index contributed by atoms with van der Waals surface area (Å²) in [5, 5.41) is 9.38. The Balaban J connectivity index is 1.72. The molecule has 2 aliphatic rings. The van der Waals surface area contributed by atoms with E-state index in [-0.39, 0.29) is 12.5 Å². The molecule has 3 rings (SSSR count). The van der Waals surface area contributed by atoms with Crippen molar-refractivity contribution in [1.29, 1.82) is 5.26 Å². The lowest BCUT2D eigenvalue weighted by Crippen LogP contribution is -2.29. The first-order valence-electron chi connectivity index (χ1n) is 8.92. The van der Waals surface area contributed by atoms with Crippen LogP contribution < -0.4 is 9.47 Å². The van der Waals surface area contributed by atoms with Crippen LogP contribution in [-0.2, 0) is 9.53 Å². The number of ether oxygens (including phenoxy) is 3. The van der Waals surface area contributed by atoms with E-state index in [0.717, 1.165) is 31.2 Å². The largest absolute Gasteiger partial charge is 0.490 e. The van der Waals surface area contributed by atoms with Gasteiger partial charge in [-0.1, -0.05) is 31.4 Å². The third kappa shape index (κ3) is 3.96. The monoisotopic (exact) mass is 341 g/mol. The summed E-state index contributed by atoms with van der Waals surface area (Å²) in [6.07, 6.45) is 6.37. The van der Waals surface area contributed by atoms with Gasteiger partial charge in [0, 0.05) is 11.5 Å². The molecule has 1 fully saturated rings. The molecule has 0 N–H and O–H groups in total. The lowest BCUT2D eigenvalue weighted by Gasteiger charge is -2.26. The molecule has 5 heteroatoms. The van der Waals surface area contributed by atoms with Crippen molar-refractivity contribution in [2.75, 3.05) is 13.2 Å². The van der Waals surface area contributed by atoms with Gasteiger partial charge in [-0.05, 0) is 31.9 Å². The van der Waals surface area contributed by atoms with E-state index in [1.807, 2.05) is 25.1 Å². The number of hydrogen-bond acceptors (Lipinski definition) is 5. The van der Waals surface area contributed by atoms with Crippen LogP contribution in [0, 0.1) is 17.2 Å². The molecule has 0 unspecified atom stereocenters. The second-order valence-electron chi connectivity index (χ2n) is 6.42. The first-order chi connectivity index (χ1) is 12.2. The fraction of sp³-hybridized carbons (Fsp3) is 0.500. The van der Waals surface area contributed by atoms with Crippen LogP contribution in [0.4, 0.5) is 0 Å². The number of para-hydroxylation sites is 1. The van der Waals surface area contributed by atoms with E-state index in [2.05, 4.69) is 6.07 Å². The van der Waals surface area contributed by atoms with E-state index < -0.39 is 12.1 Å². The standard InChI is InChI=1S/C20H23NO4/c1-2-23-17-10-6-9-15-11-16(13-24-19(15)17)20(22)25-18(12-21)14-7-4-3-5-8-14/h6,9-11,14,18H,2-5,7-8,13H2,1H3/t18-/m0/s1. The van der Waals surface area contributed by atoms with Crippen molar-refractivity contribution < 1.29 is 19.0 Å². The lowest BCUT2D eigenvalue weighted by atomic mass is 9.85. The fourth-order valence-corrected chi connectivity index (χ4v) is 3.42. The predicted octanol–water partition coefficient (Wildman–Crippen LogP) is 3.88. The summed E-state index contributed by atoms with van der Waals surface area (Å²) >= 11 is 0. The Bertz CT molecular complexity index is 698. The molecule has 25 heavy (non-hydrogen) atoms. The minimum atomic E-state index is -0.676. The number of hydrogen-bond donors (Lipinski definition) is 0. The van der Waals surface area contributed by atoms with Gasteiger partial charge in [-0.3, -0.25) is 0 Å². The highest BCUT2D eigenvalue weighted by Gasteiger charge is 2.29. The molecule has 132 valence electrons. The highest BCUT2D eigenvalue weighted by molar-refractivity contribution is 5.95. The van der Waals surface area contributed by atoms with Crippen molar-refractivity contribution in [2.45, 2.75) is 45.1 Å². The Morgan fingerprint density at radius 3 is 2.88 bits per heavy atom. The van der Waals surface area contributed by atoms with Gasteiger partial charge in [0.15, 0.2) is 17.6 Å². The molecular formula is C20H23NO4. The summed E-state index contributed by atoms with van der Waals surface area (Å²) < 4.78 is 16.8. The number of rotatable bonds is 5. The van der Waals surface area contributed by atoms with Crippen LogP contribution in [-0.4, -0.2) is 25.3 Å². The van der Waals surface area contributed by atoms with Crippen LogP contribution in [0.25, 0.3) is 6.08 Å². The van der Waals surface area contributed by atoms with Crippen molar-refractivity contribution in [3.05, 3.63) is 29.3 Å². The summed E-state index contributed by atoms with van der Waals surface area (Å²) in [4.78, 5) is 12.5. The number of nitrogens with zero attached hydrogens (tertiary/aromatic N) is 1. The molecule has 5 nitrogen and oxygen atoms in total. The van der Waals surface area contributed by atoms with Gasteiger partial charge in [-0.25, -0.2) is 4.79 Å². The van der Waals surface area contributed by atoms with Crippen molar-refractivity contribution in [3.63, 3.8) is 0 Å². The van der Waals surface area contributed by atoms with Crippen molar-refractivity contribution in [2.24, 2.45) is 5.92 Å². The van der Waals surface area contributed by atoms with Crippen molar-refractivity contribution in [1.82, 2.24) is 0 Å². The molecule has 0 aromatic heterocycles. The number of benzene rings is 1. The molecule has 1 saturated carbocycles. The molecule has 1 aromatic rings. The number of fused-ring (bicyclic) bond motifs is 1. The van der Waals surface area contributed by atoms with Gasteiger partial charge in [-0.2, -0.15) is 5.26 Å². The summed E-state index contributed by atoms with van der Waals surface area (Å²) in [5.74, 6) is 0.986. The van der Waals surface area contributed by atoms with Crippen LogP contribution in [0.2, 0.25) is 0 Å².